The van der Waals surface area contributed by atoms with Gasteiger partial charge in [0, 0.05) is 5.69 Å². The molecular formula is C17H13F3N2O4S. The summed E-state index contributed by atoms with van der Waals surface area (Å²) in [5.74, 6) is -1.80. The van der Waals surface area contributed by atoms with E-state index in [0.717, 1.165) is 18.2 Å². The fourth-order valence-electron chi connectivity index (χ4n) is 2.71. The van der Waals surface area contributed by atoms with Gasteiger partial charge in [-0.1, -0.05) is 18.2 Å². The lowest BCUT2D eigenvalue weighted by Gasteiger charge is -2.22. The van der Waals surface area contributed by atoms with E-state index in [2.05, 4.69) is 5.32 Å². The lowest BCUT2D eigenvalue weighted by Crippen LogP contribution is -2.45. The van der Waals surface area contributed by atoms with Crippen molar-refractivity contribution in [1.29, 1.82) is 0 Å². The Hall–Kier alpha value is -2.88. The minimum atomic E-state index is -4.59. The molecule has 1 atom stereocenters. The smallest absolute Gasteiger partial charge is 0.324 e. The number of rotatable bonds is 3. The lowest BCUT2D eigenvalue weighted by atomic mass is 10.1. The number of hydrogen-bond donors (Lipinski definition) is 1. The summed E-state index contributed by atoms with van der Waals surface area (Å²) in [6.07, 6.45) is -4.59. The van der Waals surface area contributed by atoms with Crippen LogP contribution in [0.25, 0.3) is 0 Å². The topological polar surface area (TPSA) is 83.6 Å². The molecule has 1 aliphatic heterocycles. The van der Waals surface area contributed by atoms with Crippen molar-refractivity contribution < 1.29 is 31.2 Å². The number of hydrogen-bond acceptors (Lipinski definition) is 4. The van der Waals surface area contributed by atoms with Crippen molar-refractivity contribution in [2.24, 2.45) is 0 Å². The van der Waals surface area contributed by atoms with Crippen LogP contribution in [0.5, 0.6) is 0 Å². The van der Waals surface area contributed by atoms with E-state index in [-0.39, 0.29) is 16.1 Å². The molecule has 0 saturated carbocycles. The van der Waals surface area contributed by atoms with E-state index in [0.29, 0.717) is 4.31 Å². The third-order valence-corrected chi connectivity index (χ3v) is 5.95. The average molecular weight is 398 g/mol. The van der Waals surface area contributed by atoms with Gasteiger partial charge in [0.25, 0.3) is 15.9 Å². The summed E-state index contributed by atoms with van der Waals surface area (Å²) in [6.45, 7) is 1.18. The van der Waals surface area contributed by atoms with Crippen LogP contribution in [0.3, 0.4) is 0 Å². The van der Waals surface area contributed by atoms with E-state index in [1.165, 1.54) is 37.3 Å². The van der Waals surface area contributed by atoms with E-state index in [4.69, 9.17) is 0 Å². The Balaban J connectivity index is 1.86. The van der Waals surface area contributed by atoms with Gasteiger partial charge in [-0.25, -0.2) is 12.7 Å². The monoisotopic (exact) mass is 398 g/mol. The molecule has 3 rings (SSSR count). The van der Waals surface area contributed by atoms with Crippen LogP contribution in [-0.4, -0.2) is 30.6 Å². The van der Waals surface area contributed by atoms with Crippen molar-refractivity contribution in [1.82, 2.24) is 4.31 Å². The van der Waals surface area contributed by atoms with Crippen molar-refractivity contribution in [2.75, 3.05) is 5.32 Å². The van der Waals surface area contributed by atoms with E-state index in [9.17, 15) is 31.2 Å². The molecule has 1 N–H and O–H groups in total. The Bertz CT molecular complexity index is 1030. The quantitative estimate of drug-likeness (QED) is 0.862. The molecule has 1 aliphatic rings. The maximum absolute atomic E-state index is 12.8. The van der Waals surface area contributed by atoms with Gasteiger partial charge in [0.15, 0.2) is 0 Å². The van der Waals surface area contributed by atoms with Crippen LogP contribution in [0.2, 0.25) is 0 Å². The van der Waals surface area contributed by atoms with E-state index in [1.54, 1.807) is 0 Å². The second-order valence-corrected chi connectivity index (χ2v) is 7.63. The van der Waals surface area contributed by atoms with Crippen molar-refractivity contribution in [3.63, 3.8) is 0 Å². The highest BCUT2D eigenvalue weighted by atomic mass is 32.2. The zero-order valence-electron chi connectivity index (χ0n) is 13.8. The zero-order valence-corrected chi connectivity index (χ0v) is 14.6. The maximum atomic E-state index is 12.8. The maximum Gasteiger partial charge on any atom is 0.416 e. The van der Waals surface area contributed by atoms with Crippen LogP contribution in [0.15, 0.2) is 53.4 Å². The van der Waals surface area contributed by atoms with Gasteiger partial charge in [0.2, 0.25) is 5.91 Å². The summed E-state index contributed by atoms with van der Waals surface area (Å²) in [5.41, 5.74) is -1.19. The summed E-state index contributed by atoms with van der Waals surface area (Å²) >= 11 is 0. The van der Waals surface area contributed by atoms with Gasteiger partial charge in [-0.2, -0.15) is 13.2 Å². The molecule has 0 unspecified atom stereocenters. The molecule has 0 aromatic heterocycles. The normalized spacial score (nSPS) is 16.7. The molecule has 0 spiro atoms. The third kappa shape index (κ3) is 3.27. The summed E-state index contributed by atoms with van der Waals surface area (Å²) in [4.78, 5) is 24.6. The number of benzene rings is 2. The van der Waals surface area contributed by atoms with Gasteiger partial charge in [-0.05, 0) is 37.3 Å². The predicted octanol–water partition coefficient (Wildman–Crippen LogP) is 2.88. The number of nitrogens with one attached hydrogen (secondary N) is 1. The van der Waals surface area contributed by atoms with Gasteiger partial charge in [-0.15, -0.1) is 0 Å². The molecule has 2 amide bonds. The Labute approximate surface area is 152 Å². The molecule has 10 heteroatoms. The van der Waals surface area contributed by atoms with Gasteiger partial charge >= 0.3 is 6.18 Å². The second kappa shape index (κ2) is 6.38. The third-order valence-electron chi connectivity index (χ3n) is 4.04. The van der Waals surface area contributed by atoms with Crippen LogP contribution in [0.1, 0.15) is 22.8 Å². The van der Waals surface area contributed by atoms with E-state index < -0.39 is 39.6 Å². The summed E-state index contributed by atoms with van der Waals surface area (Å²) in [7, 11) is -4.22. The first-order valence-electron chi connectivity index (χ1n) is 7.69. The fourth-order valence-corrected chi connectivity index (χ4v) is 4.44. The van der Waals surface area contributed by atoms with E-state index >= 15 is 0 Å². The first kappa shape index (κ1) is 18.9. The highest BCUT2D eigenvalue weighted by Gasteiger charge is 2.45. The van der Waals surface area contributed by atoms with Crippen LogP contribution in [0, 0.1) is 0 Å². The molecule has 0 radical (unpaired) electrons. The predicted molar refractivity (Wildman–Crippen MR) is 89.3 cm³/mol. The van der Waals surface area contributed by atoms with Crippen LogP contribution >= 0.6 is 0 Å². The zero-order chi connectivity index (χ0) is 20.0. The molecule has 142 valence electrons. The number of sulfonamides is 1. The Morgan fingerprint density at radius 1 is 1.11 bits per heavy atom. The number of nitrogens with zero attached hydrogens (tertiary/aromatic N) is 1. The first-order valence-corrected chi connectivity index (χ1v) is 9.13. The van der Waals surface area contributed by atoms with Gasteiger partial charge in [-0.3, -0.25) is 9.59 Å². The van der Waals surface area contributed by atoms with Crippen LogP contribution < -0.4 is 5.32 Å². The summed E-state index contributed by atoms with van der Waals surface area (Å²) in [5, 5.41) is 2.22. The minimum Gasteiger partial charge on any atom is -0.324 e. The lowest BCUT2D eigenvalue weighted by molar-refractivity contribution is -0.137. The number of halogens is 3. The Morgan fingerprint density at radius 2 is 1.78 bits per heavy atom. The summed E-state index contributed by atoms with van der Waals surface area (Å²) < 4.78 is 63.8. The van der Waals surface area contributed by atoms with Gasteiger partial charge in [0.05, 0.1) is 11.1 Å². The Kier molecular flexibility index (Phi) is 4.46. The van der Waals surface area contributed by atoms with Crippen LogP contribution in [-0.2, 0) is 21.0 Å². The molecule has 27 heavy (non-hydrogen) atoms. The van der Waals surface area contributed by atoms with Crippen molar-refractivity contribution in [3.8, 4) is 0 Å². The number of amides is 2. The number of carbonyl (C=O) groups excluding carboxylic acids is 2. The number of carbonyl (C=O) groups is 2. The first-order chi connectivity index (χ1) is 12.5. The largest absolute Gasteiger partial charge is 0.416 e. The molecule has 2 aromatic rings. The van der Waals surface area contributed by atoms with Crippen LogP contribution in [0.4, 0.5) is 18.9 Å². The molecule has 2 aromatic carbocycles. The van der Waals surface area contributed by atoms with Gasteiger partial charge in [0.1, 0.15) is 10.9 Å². The van der Waals surface area contributed by atoms with Crippen molar-refractivity contribution in [3.05, 3.63) is 59.7 Å². The number of anilines is 1. The standard InChI is InChI=1S/C17H13F3N2O4S/c1-10(15(23)21-12-6-4-5-11(9-12)17(18,19)20)22-16(24)13-7-2-3-8-14(13)27(22,25)26/h2-10H,1H3,(H,21,23)/t10-/m0/s1. The highest BCUT2D eigenvalue weighted by Crippen LogP contribution is 2.33. The van der Waals surface area contributed by atoms with Crippen molar-refractivity contribution >= 4 is 27.5 Å². The molecule has 0 saturated heterocycles. The van der Waals surface area contributed by atoms with Crippen molar-refractivity contribution in [2.45, 2.75) is 24.0 Å². The molecule has 0 fully saturated rings. The second-order valence-electron chi connectivity index (χ2n) is 5.85. The fraction of sp³-hybridized carbons (Fsp3) is 0.176. The van der Waals surface area contributed by atoms with E-state index in [1.807, 2.05) is 0 Å². The number of alkyl halides is 3. The Morgan fingerprint density at radius 3 is 2.41 bits per heavy atom. The SMILES string of the molecule is C[C@@H](C(=O)Nc1cccc(C(F)(F)F)c1)N1C(=O)c2ccccc2S1(=O)=O. The average Bonchev–Trinajstić information content (AvgIpc) is 2.80. The highest BCUT2D eigenvalue weighted by molar-refractivity contribution is 7.90. The molecule has 0 aliphatic carbocycles. The minimum absolute atomic E-state index is 0.0591. The number of fused-ring (bicyclic) bond motifs is 1. The van der Waals surface area contributed by atoms with Gasteiger partial charge < -0.3 is 5.32 Å². The molecule has 1 heterocycles. The molecule has 0 bridgehead atoms. The molecular weight excluding hydrogens is 385 g/mol. The summed E-state index contributed by atoms with van der Waals surface area (Å²) in [6, 6.07) is 7.95. The molecule has 6 nitrogen and oxygen atoms in total.